The number of carbonyl (C=O) groups is 1. The summed E-state index contributed by atoms with van der Waals surface area (Å²) in [4.78, 5) is 11.2. The first kappa shape index (κ1) is 15.2. The number of ether oxygens (including phenoxy) is 1. The van der Waals surface area contributed by atoms with E-state index in [4.69, 9.17) is 4.74 Å². The highest BCUT2D eigenvalue weighted by atomic mass is 16.5. The fraction of sp³-hybridized carbons (Fsp3) is 0.353. The molecule has 0 bridgehead atoms. The lowest BCUT2D eigenvalue weighted by molar-refractivity contribution is -0.137. The smallest absolute Gasteiger partial charge is 0.307 e. The van der Waals surface area contributed by atoms with Gasteiger partial charge in [0.25, 0.3) is 0 Å². The van der Waals surface area contributed by atoms with Crippen LogP contribution in [0.4, 0.5) is 0 Å². The van der Waals surface area contributed by atoms with Crippen molar-refractivity contribution in [1.29, 1.82) is 0 Å². The van der Waals surface area contributed by atoms with Crippen molar-refractivity contribution in [3.8, 4) is 0 Å². The zero-order valence-electron chi connectivity index (χ0n) is 12.2. The molecular weight excluding hydrogens is 236 g/mol. The molecule has 1 aromatic rings. The minimum atomic E-state index is -0.292. The Balaban J connectivity index is 3.21. The van der Waals surface area contributed by atoms with Gasteiger partial charge in [-0.15, -0.1) is 6.58 Å². The number of benzene rings is 1. The van der Waals surface area contributed by atoms with Gasteiger partial charge >= 0.3 is 5.97 Å². The molecule has 0 heterocycles. The van der Waals surface area contributed by atoms with Crippen LogP contribution in [0, 0.1) is 0 Å². The predicted molar refractivity (Wildman–Crippen MR) is 78.7 cm³/mol. The van der Waals surface area contributed by atoms with E-state index in [1.54, 1.807) is 6.08 Å². The molecule has 0 aromatic heterocycles. The molecule has 0 aliphatic rings. The van der Waals surface area contributed by atoms with Gasteiger partial charge < -0.3 is 4.74 Å². The highest BCUT2D eigenvalue weighted by molar-refractivity contribution is 5.67. The highest BCUT2D eigenvalue weighted by Gasteiger charge is 2.26. The second kappa shape index (κ2) is 6.37. The van der Waals surface area contributed by atoms with Gasteiger partial charge in [0.2, 0.25) is 0 Å². The summed E-state index contributed by atoms with van der Waals surface area (Å²) in [5.74, 6) is 0.399. The molecule has 0 aliphatic heterocycles. The van der Waals surface area contributed by atoms with E-state index >= 15 is 0 Å². The lowest BCUT2D eigenvalue weighted by Gasteiger charge is -2.28. The van der Waals surface area contributed by atoms with Gasteiger partial charge in [-0.05, 0) is 18.1 Å². The van der Waals surface area contributed by atoms with E-state index < -0.39 is 0 Å². The zero-order chi connectivity index (χ0) is 14.5. The minimum absolute atomic E-state index is 0.185. The largest absolute Gasteiger partial charge is 0.431 e. The standard InChI is InChI=1S/C17H22O2/c1-6-10-16(19-14(3)18)13(2)17(4,5)15-11-8-7-9-12-15/h6-9,11-12H,1,10H2,2-5H3/b16-13+. The molecule has 19 heavy (non-hydrogen) atoms. The van der Waals surface area contributed by atoms with Crippen LogP contribution < -0.4 is 0 Å². The van der Waals surface area contributed by atoms with Crippen molar-refractivity contribution in [2.24, 2.45) is 0 Å². The summed E-state index contributed by atoms with van der Waals surface area (Å²) >= 11 is 0. The van der Waals surface area contributed by atoms with Gasteiger partial charge in [-0.2, -0.15) is 0 Å². The minimum Gasteiger partial charge on any atom is -0.431 e. The Morgan fingerprint density at radius 1 is 1.26 bits per heavy atom. The zero-order valence-corrected chi connectivity index (χ0v) is 12.2. The Hall–Kier alpha value is -1.83. The summed E-state index contributed by atoms with van der Waals surface area (Å²) in [6.45, 7) is 11.4. The second-order valence-electron chi connectivity index (χ2n) is 5.13. The molecule has 0 unspecified atom stereocenters. The van der Waals surface area contributed by atoms with Crippen LogP contribution in [0.5, 0.6) is 0 Å². The molecule has 0 saturated carbocycles. The molecule has 1 aromatic carbocycles. The molecule has 2 nitrogen and oxygen atoms in total. The highest BCUT2D eigenvalue weighted by Crippen LogP contribution is 2.34. The second-order valence-corrected chi connectivity index (χ2v) is 5.13. The van der Waals surface area contributed by atoms with E-state index in [9.17, 15) is 4.79 Å². The van der Waals surface area contributed by atoms with Crippen LogP contribution in [0.3, 0.4) is 0 Å². The van der Waals surface area contributed by atoms with Crippen LogP contribution in [0.2, 0.25) is 0 Å². The Morgan fingerprint density at radius 3 is 2.32 bits per heavy atom. The van der Waals surface area contributed by atoms with Crippen molar-refractivity contribution >= 4 is 5.97 Å². The molecule has 0 fully saturated rings. The third-order valence-corrected chi connectivity index (χ3v) is 3.45. The van der Waals surface area contributed by atoms with Crippen molar-refractivity contribution < 1.29 is 9.53 Å². The van der Waals surface area contributed by atoms with E-state index in [0.717, 1.165) is 5.57 Å². The van der Waals surface area contributed by atoms with Crippen molar-refractivity contribution in [3.05, 3.63) is 59.9 Å². The molecule has 0 amide bonds. The van der Waals surface area contributed by atoms with Crippen LogP contribution in [0.1, 0.15) is 39.7 Å². The summed E-state index contributed by atoms with van der Waals surface area (Å²) in [5, 5.41) is 0. The first-order chi connectivity index (χ1) is 8.89. The van der Waals surface area contributed by atoms with E-state index in [0.29, 0.717) is 12.2 Å². The summed E-state index contributed by atoms with van der Waals surface area (Å²) < 4.78 is 5.33. The van der Waals surface area contributed by atoms with Crippen molar-refractivity contribution in [2.45, 2.75) is 39.5 Å². The maximum absolute atomic E-state index is 11.2. The van der Waals surface area contributed by atoms with E-state index in [-0.39, 0.29) is 11.4 Å². The predicted octanol–water partition coefficient (Wildman–Crippen LogP) is 4.38. The molecule has 0 radical (unpaired) electrons. The molecule has 0 N–H and O–H groups in total. The molecule has 102 valence electrons. The van der Waals surface area contributed by atoms with E-state index in [1.165, 1.54) is 12.5 Å². The summed E-state index contributed by atoms with van der Waals surface area (Å²) in [5.41, 5.74) is 2.06. The fourth-order valence-electron chi connectivity index (χ4n) is 2.00. The number of rotatable bonds is 5. The molecule has 0 spiro atoms. The Kier molecular flexibility index (Phi) is 5.11. The Morgan fingerprint density at radius 2 is 1.84 bits per heavy atom. The van der Waals surface area contributed by atoms with Crippen LogP contribution in [-0.4, -0.2) is 5.97 Å². The lowest BCUT2D eigenvalue weighted by Crippen LogP contribution is -2.21. The fourth-order valence-corrected chi connectivity index (χ4v) is 2.00. The Bertz CT molecular complexity index is 481. The van der Waals surface area contributed by atoms with Crippen molar-refractivity contribution in [3.63, 3.8) is 0 Å². The molecule has 0 atom stereocenters. The van der Waals surface area contributed by atoms with Gasteiger partial charge in [0.15, 0.2) is 0 Å². The summed E-state index contributed by atoms with van der Waals surface area (Å²) in [6.07, 6.45) is 2.31. The topological polar surface area (TPSA) is 26.3 Å². The summed E-state index contributed by atoms with van der Waals surface area (Å²) in [6, 6.07) is 10.2. The quantitative estimate of drug-likeness (QED) is 0.445. The Labute approximate surface area is 115 Å². The third kappa shape index (κ3) is 3.82. The van der Waals surface area contributed by atoms with Crippen LogP contribution >= 0.6 is 0 Å². The number of hydrogen-bond acceptors (Lipinski definition) is 2. The van der Waals surface area contributed by atoms with Gasteiger partial charge in [0.1, 0.15) is 5.76 Å². The monoisotopic (exact) mass is 258 g/mol. The maximum atomic E-state index is 11.2. The summed E-state index contributed by atoms with van der Waals surface area (Å²) in [7, 11) is 0. The average Bonchev–Trinajstić information content (AvgIpc) is 2.38. The van der Waals surface area contributed by atoms with Gasteiger partial charge in [0, 0.05) is 18.8 Å². The number of carbonyl (C=O) groups excluding carboxylic acids is 1. The molecule has 2 heteroatoms. The van der Waals surface area contributed by atoms with Crippen LogP contribution in [-0.2, 0) is 14.9 Å². The van der Waals surface area contributed by atoms with Crippen LogP contribution in [0.15, 0.2) is 54.3 Å². The first-order valence-corrected chi connectivity index (χ1v) is 6.44. The maximum Gasteiger partial charge on any atom is 0.307 e. The number of hydrogen-bond donors (Lipinski definition) is 0. The van der Waals surface area contributed by atoms with Crippen molar-refractivity contribution in [1.82, 2.24) is 0 Å². The number of allylic oxidation sites excluding steroid dienone is 2. The van der Waals surface area contributed by atoms with Gasteiger partial charge in [-0.25, -0.2) is 0 Å². The normalized spacial score (nSPS) is 12.6. The van der Waals surface area contributed by atoms with Crippen LogP contribution in [0.25, 0.3) is 0 Å². The molecule has 0 saturated heterocycles. The molecule has 1 rings (SSSR count). The van der Waals surface area contributed by atoms with E-state index in [2.05, 4.69) is 32.6 Å². The van der Waals surface area contributed by atoms with Crippen molar-refractivity contribution in [2.75, 3.05) is 0 Å². The van der Waals surface area contributed by atoms with Gasteiger partial charge in [-0.1, -0.05) is 50.3 Å². The van der Waals surface area contributed by atoms with Gasteiger partial charge in [-0.3, -0.25) is 4.79 Å². The third-order valence-electron chi connectivity index (χ3n) is 3.45. The lowest BCUT2D eigenvalue weighted by atomic mass is 9.77. The first-order valence-electron chi connectivity index (χ1n) is 6.44. The average molecular weight is 258 g/mol. The number of esters is 1. The van der Waals surface area contributed by atoms with Gasteiger partial charge in [0.05, 0.1) is 0 Å². The molecular formula is C17H22O2. The van der Waals surface area contributed by atoms with E-state index in [1.807, 2.05) is 25.1 Å². The SMILES string of the molecule is C=CC/C(OC(C)=O)=C(/C)C(C)(C)c1ccccc1. The molecule has 0 aliphatic carbocycles.